The summed E-state index contributed by atoms with van der Waals surface area (Å²) < 4.78 is 39.0. The van der Waals surface area contributed by atoms with Crippen molar-refractivity contribution in [2.75, 3.05) is 18.8 Å². The number of β-amino-alcohol motifs (C(OH)–C–C–N with tert-alkyl or cyclic N) is 2. The molecule has 0 saturated carbocycles. The van der Waals surface area contributed by atoms with Gasteiger partial charge in [-0.3, -0.25) is 0 Å². The highest BCUT2D eigenvalue weighted by Crippen LogP contribution is 2.29. The fraction of sp³-hybridized carbons (Fsp3) is 0.400. The molecule has 1 aromatic rings. The third kappa shape index (κ3) is 2.54. The summed E-state index contributed by atoms with van der Waals surface area (Å²) in [4.78, 5) is -0.668. The number of aliphatic hydroxyl groups excluding tert-OH is 2. The van der Waals surface area contributed by atoms with E-state index in [4.69, 9.17) is 17.3 Å². The number of anilines is 1. The summed E-state index contributed by atoms with van der Waals surface area (Å²) in [6.45, 7) is -0.620. The minimum Gasteiger partial charge on any atom is -0.399 e. The molecule has 0 amide bonds. The van der Waals surface area contributed by atoms with Gasteiger partial charge in [-0.15, -0.1) is 0 Å². The van der Waals surface area contributed by atoms with Crippen molar-refractivity contribution < 1.29 is 23.0 Å². The molecule has 4 N–H and O–H groups in total. The van der Waals surface area contributed by atoms with Crippen molar-refractivity contribution in [2.45, 2.75) is 17.1 Å². The lowest BCUT2D eigenvalue weighted by Gasteiger charge is -2.16. The van der Waals surface area contributed by atoms with E-state index in [1.54, 1.807) is 0 Å². The van der Waals surface area contributed by atoms with Crippen LogP contribution < -0.4 is 5.73 Å². The largest absolute Gasteiger partial charge is 0.399 e. The zero-order valence-corrected chi connectivity index (χ0v) is 11.2. The van der Waals surface area contributed by atoms with Gasteiger partial charge in [0.15, 0.2) is 5.82 Å². The Labute approximate surface area is 114 Å². The first-order valence-corrected chi connectivity index (χ1v) is 7.16. The maximum atomic E-state index is 13.8. The van der Waals surface area contributed by atoms with Gasteiger partial charge in [0.1, 0.15) is 4.90 Å². The first-order chi connectivity index (χ1) is 8.73. The second-order valence-electron chi connectivity index (χ2n) is 4.27. The summed E-state index contributed by atoms with van der Waals surface area (Å²) in [5.74, 6) is -1.10. The normalized spacial score (nSPS) is 24.8. The minimum atomic E-state index is -4.21. The summed E-state index contributed by atoms with van der Waals surface area (Å²) in [6, 6.07) is 2.05. The van der Waals surface area contributed by atoms with Crippen LogP contribution in [0.4, 0.5) is 10.1 Å². The van der Waals surface area contributed by atoms with Crippen molar-refractivity contribution in [3.8, 4) is 0 Å². The predicted molar refractivity (Wildman–Crippen MR) is 66.6 cm³/mol. The van der Waals surface area contributed by atoms with Gasteiger partial charge in [-0.1, -0.05) is 11.6 Å². The quantitative estimate of drug-likeness (QED) is 0.656. The Morgan fingerprint density at radius 1 is 1.32 bits per heavy atom. The molecule has 1 fully saturated rings. The van der Waals surface area contributed by atoms with Crippen LogP contribution in [0.1, 0.15) is 0 Å². The monoisotopic (exact) mass is 310 g/mol. The molecule has 0 radical (unpaired) electrons. The smallest absolute Gasteiger partial charge is 0.246 e. The highest BCUT2D eigenvalue weighted by atomic mass is 35.5. The first-order valence-electron chi connectivity index (χ1n) is 5.34. The Bertz CT molecular complexity index is 600. The van der Waals surface area contributed by atoms with Gasteiger partial charge >= 0.3 is 0 Å². The number of sulfonamides is 1. The van der Waals surface area contributed by atoms with E-state index in [0.29, 0.717) is 0 Å². The zero-order valence-electron chi connectivity index (χ0n) is 9.62. The van der Waals surface area contributed by atoms with Crippen molar-refractivity contribution in [1.29, 1.82) is 0 Å². The molecular formula is C10H12ClFN2O4S. The lowest BCUT2D eigenvalue weighted by Crippen LogP contribution is -2.30. The molecular weight excluding hydrogens is 299 g/mol. The summed E-state index contributed by atoms with van der Waals surface area (Å²) in [7, 11) is -4.21. The molecule has 1 aliphatic heterocycles. The number of nitrogen functional groups attached to an aromatic ring is 1. The van der Waals surface area contributed by atoms with Crippen LogP contribution in [-0.4, -0.2) is 48.2 Å². The Morgan fingerprint density at radius 2 is 1.84 bits per heavy atom. The minimum absolute atomic E-state index is 0.00488. The average Bonchev–Trinajstić information content (AvgIpc) is 2.65. The third-order valence-electron chi connectivity index (χ3n) is 2.86. The molecule has 1 aliphatic rings. The van der Waals surface area contributed by atoms with Crippen LogP contribution in [0.2, 0.25) is 5.02 Å². The fourth-order valence-corrected chi connectivity index (χ4v) is 3.72. The van der Waals surface area contributed by atoms with Crippen LogP contribution in [-0.2, 0) is 10.0 Å². The Kier molecular flexibility index (Phi) is 3.72. The molecule has 0 aliphatic carbocycles. The summed E-state index contributed by atoms with van der Waals surface area (Å²) in [6.07, 6.45) is -2.40. The van der Waals surface area contributed by atoms with Gasteiger partial charge in [0.2, 0.25) is 10.0 Å². The SMILES string of the molecule is Nc1cc(Cl)c(F)c(S(=O)(=O)N2CC(O)C(O)C2)c1. The van der Waals surface area contributed by atoms with E-state index in [1.165, 1.54) is 0 Å². The summed E-state index contributed by atoms with van der Waals surface area (Å²) in [5, 5.41) is 18.3. The van der Waals surface area contributed by atoms with Crippen LogP contribution in [0.3, 0.4) is 0 Å². The molecule has 1 aromatic carbocycles. The highest BCUT2D eigenvalue weighted by molar-refractivity contribution is 7.89. The standard InChI is InChI=1S/C10H12ClFN2O4S/c11-6-1-5(13)2-9(10(6)12)19(17,18)14-3-7(15)8(16)4-14/h1-2,7-8,15-16H,3-4,13H2. The van der Waals surface area contributed by atoms with E-state index in [0.717, 1.165) is 16.4 Å². The number of halogens is 2. The molecule has 1 saturated heterocycles. The first kappa shape index (κ1) is 14.5. The van der Waals surface area contributed by atoms with E-state index in [1.807, 2.05) is 0 Å². The van der Waals surface area contributed by atoms with Gasteiger partial charge in [0, 0.05) is 18.8 Å². The topological polar surface area (TPSA) is 104 Å². The number of hydrogen-bond acceptors (Lipinski definition) is 5. The molecule has 0 spiro atoms. The lowest BCUT2D eigenvalue weighted by atomic mass is 10.3. The van der Waals surface area contributed by atoms with Gasteiger partial charge in [0.05, 0.1) is 17.2 Å². The van der Waals surface area contributed by atoms with Crippen LogP contribution in [0, 0.1) is 5.82 Å². The average molecular weight is 311 g/mol. The van der Waals surface area contributed by atoms with Crippen molar-refractivity contribution in [3.05, 3.63) is 23.0 Å². The molecule has 106 valence electrons. The second-order valence-corrected chi connectivity index (χ2v) is 6.59. The van der Waals surface area contributed by atoms with Gasteiger partial charge in [-0.2, -0.15) is 4.31 Å². The van der Waals surface area contributed by atoms with Gasteiger partial charge < -0.3 is 15.9 Å². The van der Waals surface area contributed by atoms with Crippen molar-refractivity contribution in [3.63, 3.8) is 0 Å². The highest BCUT2D eigenvalue weighted by Gasteiger charge is 2.39. The van der Waals surface area contributed by atoms with Crippen molar-refractivity contribution >= 4 is 27.3 Å². The molecule has 0 aromatic heterocycles. The molecule has 0 bridgehead atoms. The fourth-order valence-electron chi connectivity index (χ4n) is 1.84. The van der Waals surface area contributed by atoms with Gasteiger partial charge in [-0.25, -0.2) is 12.8 Å². The predicted octanol–water partition coefficient (Wildman–Crippen LogP) is -0.213. The van der Waals surface area contributed by atoms with Crippen molar-refractivity contribution in [1.82, 2.24) is 4.31 Å². The summed E-state index contributed by atoms with van der Waals surface area (Å²) >= 11 is 5.55. The Morgan fingerprint density at radius 3 is 2.37 bits per heavy atom. The van der Waals surface area contributed by atoms with Crippen LogP contribution >= 0.6 is 11.6 Å². The van der Waals surface area contributed by atoms with E-state index in [2.05, 4.69) is 0 Å². The van der Waals surface area contributed by atoms with E-state index in [9.17, 15) is 23.0 Å². The van der Waals surface area contributed by atoms with Crippen molar-refractivity contribution in [2.24, 2.45) is 0 Å². The van der Waals surface area contributed by atoms with Gasteiger partial charge in [-0.05, 0) is 12.1 Å². The molecule has 9 heteroatoms. The third-order valence-corrected chi connectivity index (χ3v) is 4.97. The zero-order chi connectivity index (χ0) is 14.4. The number of nitrogens with two attached hydrogens (primary N) is 1. The van der Waals surface area contributed by atoms with Crippen LogP contribution in [0.5, 0.6) is 0 Å². The number of nitrogens with zero attached hydrogens (tertiary/aromatic N) is 1. The lowest BCUT2D eigenvalue weighted by molar-refractivity contribution is 0.0572. The van der Waals surface area contributed by atoms with E-state index < -0.39 is 38.0 Å². The number of hydrogen-bond donors (Lipinski definition) is 3. The molecule has 1 heterocycles. The molecule has 2 atom stereocenters. The second kappa shape index (κ2) is 4.88. The Balaban J connectivity index is 2.46. The molecule has 2 rings (SSSR count). The number of rotatable bonds is 2. The maximum Gasteiger partial charge on any atom is 0.246 e. The maximum absolute atomic E-state index is 13.8. The van der Waals surface area contributed by atoms with Crippen LogP contribution in [0.25, 0.3) is 0 Å². The molecule has 2 unspecified atom stereocenters. The number of aliphatic hydroxyl groups is 2. The number of benzene rings is 1. The van der Waals surface area contributed by atoms with Gasteiger partial charge in [0.25, 0.3) is 0 Å². The van der Waals surface area contributed by atoms with Crippen LogP contribution in [0.15, 0.2) is 17.0 Å². The molecule has 6 nitrogen and oxygen atoms in total. The molecule has 19 heavy (non-hydrogen) atoms. The van der Waals surface area contributed by atoms with E-state index in [-0.39, 0.29) is 18.8 Å². The summed E-state index contributed by atoms with van der Waals surface area (Å²) in [5.41, 5.74) is 5.45. The van der Waals surface area contributed by atoms with E-state index >= 15 is 0 Å². The Hall–Kier alpha value is -0.930.